The van der Waals surface area contributed by atoms with Crippen molar-refractivity contribution < 1.29 is 4.79 Å². The minimum atomic E-state index is -0.215. The first-order valence-electron chi connectivity index (χ1n) is 5.81. The number of carbonyl (C=O) groups is 1. The highest BCUT2D eigenvalue weighted by atomic mass is 79.9. The van der Waals surface area contributed by atoms with Crippen molar-refractivity contribution >= 4 is 21.8 Å². The fourth-order valence-corrected chi connectivity index (χ4v) is 2.39. The fourth-order valence-electron chi connectivity index (χ4n) is 1.48. The summed E-state index contributed by atoms with van der Waals surface area (Å²) < 4.78 is 0. The van der Waals surface area contributed by atoms with Crippen LogP contribution in [0, 0.1) is 17.2 Å². The van der Waals surface area contributed by atoms with Crippen LogP contribution in [0.2, 0.25) is 0 Å². The number of nitriles is 1. The fraction of sp³-hybridized carbons (Fsp3) is 0.462. The highest BCUT2D eigenvalue weighted by Gasteiger charge is 2.11. The smallest absolute Gasteiger partial charge is 0.269 e. The van der Waals surface area contributed by atoms with Crippen LogP contribution in [0.4, 0.5) is 0 Å². The number of nitrogens with zero attached hydrogens (tertiary/aromatic N) is 2. The molecule has 0 spiro atoms. The molecule has 0 aliphatic rings. The molecule has 1 amide bonds. The van der Waals surface area contributed by atoms with Crippen LogP contribution >= 0.6 is 15.9 Å². The largest absolute Gasteiger partial charge is 0.350 e. The summed E-state index contributed by atoms with van der Waals surface area (Å²) in [4.78, 5) is 16.0. The van der Waals surface area contributed by atoms with Gasteiger partial charge in [-0.1, -0.05) is 29.8 Å². The molecule has 0 aliphatic carbocycles. The van der Waals surface area contributed by atoms with Gasteiger partial charge in [0.1, 0.15) is 11.8 Å². The van der Waals surface area contributed by atoms with Crippen LogP contribution in [0.15, 0.2) is 18.3 Å². The van der Waals surface area contributed by atoms with E-state index in [0.29, 0.717) is 23.7 Å². The Morgan fingerprint density at radius 2 is 2.28 bits per heavy atom. The van der Waals surface area contributed by atoms with Crippen LogP contribution in [0.3, 0.4) is 0 Å². The van der Waals surface area contributed by atoms with Crippen LogP contribution in [-0.2, 0) is 0 Å². The maximum absolute atomic E-state index is 11.8. The molecular formula is C13H16BrN3O. The lowest BCUT2D eigenvalue weighted by Crippen LogP contribution is -2.30. The summed E-state index contributed by atoms with van der Waals surface area (Å²) in [6.45, 7) is 4.84. The Morgan fingerprint density at radius 3 is 2.78 bits per heavy atom. The normalized spacial score (nSPS) is 11.9. The van der Waals surface area contributed by atoms with Crippen molar-refractivity contribution in [2.45, 2.75) is 25.1 Å². The third-order valence-electron chi connectivity index (χ3n) is 2.34. The predicted molar refractivity (Wildman–Crippen MR) is 73.5 cm³/mol. The summed E-state index contributed by atoms with van der Waals surface area (Å²) in [6, 6.07) is 5.10. The van der Waals surface area contributed by atoms with Crippen molar-refractivity contribution in [1.82, 2.24) is 10.3 Å². The third kappa shape index (κ3) is 4.84. The second-order valence-electron chi connectivity index (χ2n) is 4.48. The van der Waals surface area contributed by atoms with Crippen molar-refractivity contribution in [3.63, 3.8) is 0 Å². The minimum Gasteiger partial charge on any atom is -0.350 e. The first-order valence-corrected chi connectivity index (χ1v) is 6.73. The highest BCUT2D eigenvalue weighted by Crippen LogP contribution is 2.11. The van der Waals surface area contributed by atoms with Crippen LogP contribution in [0.5, 0.6) is 0 Å². The molecule has 18 heavy (non-hydrogen) atoms. The van der Waals surface area contributed by atoms with Gasteiger partial charge in [-0.15, -0.1) is 0 Å². The molecule has 0 aliphatic heterocycles. The Morgan fingerprint density at radius 1 is 1.56 bits per heavy atom. The molecule has 0 fully saturated rings. The Balaban J connectivity index is 2.47. The summed E-state index contributed by atoms with van der Waals surface area (Å²) in [5.74, 6) is 0.368. The topological polar surface area (TPSA) is 65.8 Å². The van der Waals surface area contributed by atoms with E-state index < -0.39 is 0 Å². The van der Waals surface area contributed by atoms with Gasteiger partial charge in [0.05, 0.1) is 5.56 Å². The molecule has 96 valence electrons. The molecule has 1 heterocycles. The molecule has 5 heteroatoms. The molecule has 1 N–H and O–H groups in total. The summed E-state index contributed by atoms with van der Waals surface area (Å²) in [5.41, 5.74) is 0.781. The van der Waals surface area contributed by atoms with Crippen molar-refractivity contribution in [2.75, 3.05) is 6.54 Å². The maximum Gasteiger partial charge on any atom is 0.269 e. The molecule has 4 nitrogen and oxygen atoms in total. The zero-order valence-electron chi connectivity index (χ0n) is 10.5. The highest BCUT2D eigenvalue weighted by molar-refractivity contribution is 9.09. The van der Waals surface area contributed by atoms with E-state index in [1.54, 1.807) is 12.1 Å². The number of aromatic nitrogens is 1. The van der Waals surface area contributed by atoms with E-state index in [1.165, 1.54) is 6.20 Å². The number of pyridine rings is 1. The van der Waals surface area contributed by atoms with Gasteiger partial charge in [0.15, 0.2) is 0 Å². The van der Waals surface area contributed by atoms with Crippen LogP contribution in [0.25, 0.3) is 0 Å². The standard InChI is InChI=1S/C13H16BrN3O/c1-9(2)5-11(14)8-17-13(18)12-4-3-10(6-15)7-16-12/h3-4,7,9,11H,5,8H2,1-2H3,(H,17,18). The number of alkyl halides is 1. The molecule has 1 rings (SSSR count). The van der Waals surface area contributed by atoms with E-state index in [1.807, 2.05) is 6.07 Å². The van der Waals surface area contributed by atoms with E-state index in [9.17, 15) is 4.79 Å². The summed E-state index contributed by atoms with van der Waals surface area (Å²) in [5, 5.41) is 11.4. The number of rotatable bonds is 5. The van der Waals surface area contributed by atoms with E-state index in [0.717, 1.165) is 6.42 Å². The molecule has 0 radical (unpaired) electrons. The van der Waals surface area contributed by atoms with E-state index in [-0.39, 0.29) is 10.7 Å². The third-order valence-corrected chi connectivity index (χ3v) is 3.03. The number of carbonyl (C=O) groups excluding carboxylic acids is 1. The van der Waals surface area contributed by atoms with Gasteiger partial charge < -0.3 is 5.32 Å². The summed E-state index contributed by atoms with van der Waals surface area (Å²) in [7, 11) is 0. The molecule has 1 unspecified atom stereocenters. The molecular weight excluding hydrogens is 294 g/mol. The molecule has 0 bridgehead atoms. The minimum absolute atomic E-state index is 0.215. The molecule has 1 aromatic heterocycles. The SMILES string of the molecule is CC(C)CC(Br)CNC(=O)c1ccc(C#N)cn1. The van der Waals surface area contributed by atoms with Crippen LogP contribution < -0.4 is 5.32 Å². The monoisotopic (exact) mass is 309 g/mol. The van der Waals surface area contributed by atoms with Gasteiger partial charge in [-0.25, -0.2) is 4.98 Å². The van der Waals surface area contributed by atoms with Crippen molar-refractivity contribution in [1.29, 1.82) is 5.26 Å². The average molecular weight is 310 g/mol. The van der Waals surface area contributed by atoms with Gasteiger partial charge in [0, 0.05) is 17.6 Å². The Labute approximate surface area is 116 Å². The lowest BCUT2D eigenvalue weighted by atomic mass is 10.1. The van der Waals surface area contributed by atoms with Crippen molar-refractivity contribution in [3.05, 3.63) is 29.6 Å². The van der Waals surface area contributed by atoms with Crippen LogP contribution in [-0.4, -0.2) is 22.3 Å². The number of hydrogen-bond donors (Lipinski definition) is 1. The maximum atomic E-state index is 11.8. The Bertz CT molecular complexity index is 437. The van der Waals surface area contributed by atoms with Gasteiger partial charge in [-0.3, -0.25) is 4.79 Å². The van der Waals surface area contributed by atoms with E-state index >= 15 is 0 Å². The predicted octanol–water partition coefficient (Wildman–Crippen LogP) is 2.49. The lowest BCUT2D eigenvalue weighted by Gasteiger charge is -2.12. The molecule has 1 atom stereocenters. The molecule has 0 aromatic carbocycles. The van der Waals surface area contributed by atoms with Crippen LogP contribution in [0.1, 0.15) is 36.3 Å². The first-order chi connectivity index (χ1) is 8.52. The summed E-state index contributed by atoms with van der Waals surface area (Å²) in [6.07, 6.45) is 2.40. The molecule has 0 saturated carbocycles. The number of nitrogens with one attached hydrogen (secondary N) is 1. The number of hydrogen-bond acceptors (Lipinski definition) is 3. The van der Waals surface area contributed by atoms with Gasteiger partial charge in [0.2, 0.25) is 0 Å². The van der Waals surface area contributed by atoms with E-state index in [2.05, 4.69) is 40.1 Å². The molecule has 0 saturated heterocycles. The number of amides is 1. The zero-order chi connectivity index (χ0) is 13.5. The van der Waals surface area contributed by atoms with Crippen molar-refractivity contribution in [2.24, 2.45) is 5.92 Å². The Hall–Kier alpha value is -1.41. The molecule has 1 aromatic rings. The average Bonchev–Trinajstić information content (AvgIpc) is 2.35. The van der Waals surface area contributed by atoms with E-state index in [4.69, 9.17) is 5.26 Å². The second kappa shape index (κ2) is 7.12. The van der Waals surface area contributed by atoms with Crippen molar-refractivity contribution in [3.8, 4) is 6.07 Å². The quantitative estimate of drug-likeness (QED) is 0.850. The second-order valence-corrected chi connectivity index (χ2v) is 5.78. The van der Waals surface area contributed by atoms with Gasteiger partial charge in [-0.2, -0.15) is 5.26 Å². The van der Waals surface area contributed by atoms with Gasteiger partial charge in [0.25, 0.3) is 5.91 Å². The number of halogens is 1. The van der Waals surface area contributed by atoms with Gasteiger partial charge >= 0.3 is 0 Å². The zero-order valence-corrected chi connectivity index (χ0v) is 12.1. The lowest BCUT2D eigenvalue weighted by molar-refractivity contribution is 0.0948. The summed E-state index contributed by atoms with van der Waals surface area (Å²) >= 11 is 3.52. The van der Waals surface area contributed by atoms with Gasteiger partial charge in [-0.05, 0) is 24.5 Å². The Kier molecular flexibility index (Phi) is 5.79. The first kappa shape index (κ1) is 14.7.